The number of carboxylic acid groups (broad SMARTS) is 1. The number of benzene rings is 2. The van der Waals surface area contributed by atoms with Gasteiger partial charge >= 0.3 is 5.97 Å². The van der Waals surface area contributed by atoms with Crippen LogP contribution in [0.25, 0.3) is 0 Å². The van der Waals surface area contributed by atoms with Crippen molar-refractivity contribution in [3.05, 3.63) is 66.0 Å². The molecule has 0 radical (unpaired) electrons. The molecule has 0 bridgehead atoms. The van der Waals surface area contributed by atoms with Gasteiger partial charge in [0, 0.05) is 12.5 Å². The first-order valence-electron chi connectivity index (χ1n) is 7.33. The number of hydrogen-bond donors (Lipinski definition) is 2. The first-order chi connectivity index (χ1) is 11.4. The lowest BCUT2D eigenvalue weighted by Gasteiger charge is -2.10. The summed E-state index contributed by atoms with van der Waals surface area (Å²) in [5.74, 6) is -2.73. The third-order valence-corrected chi connectivity index (χ3v) is 6.90. The van der Waals surface area contributed by atoms with Crippen molar-refractivity contribution in [3.8, 4) is 0 Å². The fourth-order valence-corrected chi connectivity index (χ4v) is 5.78. The Morgan fingerprint density at radius 2 is 1.83 bits per heavy atom. The first kappa shape index (κ1) is 16.6. The third-order valence-electron chi connectivity index (χ3n) is 4.61. The number of rotatable bonds is 5. The van der Waals surface area contributed by atoms with Gasteiger partial charge in [-0.3, -0.25) is 4.79 Å². The van der Waals surface area contributed by atoms with Crippen LogP contribution >= 0.6 is 0 Å². The molecular formula is C17H16FNO4S. The van der Waals surface area contributed by atoms with Crippen molar-refractivity contribution in [1.82, 2.24) is 0 Å². The molecular weight excluding hydrogens is 333 g/mol. The van der Waals surface area contributed by atoms with Gasteiger partial charge in [-0.15, -0.1) is 0 Å². The topological polar surface area (TPSA) is 97.5 Å². The minimum atomic E-state index is -3.92. The van der Waals surface area contributed by atoms with Crippen molar-refractivity contribution in [3.63, 3.8) is 0 Å². The summed E-state index contributed by atoms with van der Waals surface area (Å²) < 4.78 is 39.4. The molecule has 0 heterocycles. The smallest absolute Gasteiger partial charge is 0.312 e. The van der Waals surface area contributed by atoms with Crippen molar-refractivity contribution in [2.24, 2.45) is 11.1 Å². The lowest BCUT2D eigenvalue weighted by Crippen LogP contribution is -2.31. The molecule has 3 atom stereocenters. The van der Waals surface area contributed by atoms with Gasteiger partial charge in [-0.25, -0.2) is 12.8 Å². The van der Waals surface area contributed by atoms with Gasteiger partial charge in [0.2, 0.25) is 0 Å². The zero-order valence-electron chi connectivity index (χ0n) is 12.6. The number of carboxylic acids is 1. The second kappa shape index (κ2) is 5.68. The molecule has 3 unspecified atom stereocenters. The average Bonchev–Trinajstić information content (AvgIpc) is 3.27. The van der Waals surface area contributed by atoms with E-state index in [1.54, 1.807) is 18.2 Å². The normalized spacial score (nSPS) is 26.1. The van der Waals surface area contributed by atoms with E-state index in [0.717, 1.165) is 0 Å². The molecule has 24 heavy (non-hydrogen) atoms. The zero-order valence-corrected chi connectivity index (χ0v) is 13.4. The van der Waals surface area contributed by atoms with E-state index in [2.05, 4.69) is 0 Å². The van der Waals surface area contributed by atoms with Gasteiger partial charge in [0.15, 0.2) is 9.84 Å². The van der Waals surface area contributed by atoms with Gasteiger partial charge in [0.25, 0.3) is 0 Å². The van der Waals surface area contributed by atoms with Crippen LogP contribution < -0.4 is 5.73 Å². The van der Waals surface area contributed by atoms with E-state index in [0.29, 0.717) is 5.56 Å². The maximum Gasteiger partial charge on any atom is 0.312 e. The van der Waals surface area contributed by atoms with Gasteiger partial charge in [-0.05, 0) is 29.8 Å². The maximum absolute atomic E-state index is 13.5. The Morgan fingerprint density at radius 3 is 2.38 bits per heavy atom. The highest BCUT2D eigenvalue weighted by Gasteiger charge is 2.75. The van der Waals surface area contributed by atoms with Crippen LogP contribution in [0.1, 0.15) is 11.5 Å². The number of nitrogens with two attached hydrogens (primary N) is 1. The molecule has 5 nitrogen and oxygen atoms in total. The molecule has 2 aromatic rings. The van der Waals surface area contributed by atoms with Crippen molar-refractivity contribution in [1.29, 1.82) is 0 Å². The predicted octanol–water partition coefficient (Wildman–Crippen LogP) is 1.80. The third kappa shape index (κ3) is 2.32. The van der Waals surface area contributed by atoms with Crippen LogP contribution in [0.15, 0.2) is 59.5 Å². The average molecular weight is 349 g/mol. The highest BCUT2D eigenvalue weighted by atomic mass is 32.2. The molecule has 126 valence electrons. The number of sulfone groups is 1. The molecule has 0 spiro atoms. The molecule has 0 saturated heterocycles. The molecule has 1 aliphatic carbocycles. The van der Waals surface area contributed by atoms with E-state index in [-0.39, 0.29) is 11.4 Å². The molecule has 0 aliphatic heterocycles. The molecule has 7 heteroatoms. The number of hydrogen-bond acceptors (Lipinski definition) is 4. The van der Waals surface area contributed by atoms with Crippen molar-refractivity contribution >= 4 is 15.8 Å². The molecule has 3 rings (SSSR count). The first-order valence-corrected chi connectivity index (χ1v) is 8.88. The summed E-state index contributed by atoms with van der Waals surface area (Å²) in [6, 6.07) is 13.0. The van der Waals surface area contributed by atoms with E-state index in [4.69, 9.17) is 5.73 Å². The van der Waals surface area contributed by atoms with E-state index in [9.17, 15) is 22.7 Å². The van der Waals surface area contributed by atoms with Gasteiger partial charge in [-0.1, -0.05) is 30.3 Å². The van der Waals surface area contributed by atoms with E-state index >= 15 is 0 Å². The Hall–Kier alpha value is -2.25. The molecule has 3 N–H and O–H groups in total. The predicted molar refractivity (Wildman–Crippen MR) is 85.7 cm³/mol. The molecule has 0 amide bonds. The van der Waals surface area contributed by atoms with Crippen LogP contribution in [0.2, 0.25) is 0 Å². The van der Waals surface area contributed by atoms with Gasteiger partial charge < -0.3 is 10.8 Å². The highest BCUT2D eigenvalue weighted by Crippen LogP contribution is 2.63. The van der Waals surface area contributed by atoms with Crippen molar-refractivity contribution < 1.29 is 22.7 Å². The van der Waals surface area contributed by atoms with Gasteiger partial charge in [-0.2, -0.15) is 0 Å². The van der Waals surface area contributed by atoms with Gasteiger partial charge in [0.1, 0.15) is 11.2 Å². The standard InChI is InChI=1S/C17H16FNO4S/c18-12-6-4-5-11(9-12)14-15(17(14,10-19)16(20)21)24(22,23)13-7-2-1-3-8-13/h1-9,14-15H,10,19H2,(H,20,21). The number of halogens is 1. The Labute approximate surface area is 138 Å². The van der Waals surface area contributed by atoms with Crippen LogP contribution in [0.4, 0.5) is 4.39 Å². The molecule has 1 aliphatic rings. The van der Waals surface area contributed by atoms with Crippen molar-refractivity contribution in [2.75, 3.05) is 6.54 Å². The van der Waals surface area contributed by atoms with Crippen LogP contribution in [0.5, 0.6) is 0 Å². The summed E-state index contributed by atoms with van der Waals surface area (Å²) in [5, 5.41) is 8.42. The monoisotopic (exact) mass is 349 g/mol. The zero-order chi connectivity index (χ0) is 17.5. The molecule has 1 saturated carbocycles. The quantitative estimate of drug-likeness (QED) is 0.858. The summed E-state index contributed by atoms with van der Waals surface area (Å²) in [6.45, 7) is -0.347. The van der Waals surface area contributed by atoms with Gasteiger partial charge in [0.05, 0.1) is 10.1 Å². The number of carbonyl (C=O) groups is 1. The molecule has 1 fully saturated rings. The largest absolute Gasteiger partial charge is 0.481 e. The second-order valence-electron chi connectivity index (χ2n) is 5.86. The Balaban J connectivity index is 2.13. The maximum atomic E-state index is 13.5. The minimum absolute atomic E-state index is 0.0352. The summed E-state index contributed by atoms with van der Waals surface area (Å²) in [4.78, 5) is 11.9. The van der Waals surface area contributed by atoms with Crippen LogP contribution in [-0.2, 0) is 14.6 Å². The fraction of sp³-hybridized carbons (Fsp3) is 0.235. The fourth-order valence-electron chi connectivity index (χ4n) is 3.37. The van der Waals surface area contributed by atoms with E-state index in [1.807, 2.05) is 0 Å². The van der Waals surface area contributed by atoms with E-state index in [1.165, 1.54) is 36.4 Å². The molecule has 0 aromatic heterocycles. The summed E-state index contributed by atoms with van der Waals surface area (Å²) in [7, 11) is -3.92. The Kier molecular flexibility index (Phi) is 3.93. The SMILES string of the molecule is NCC1(C(=O)O)C(c2cccc(F)c2)C1S(=O)(=O)c1ccccc1. The summed E-state index contributed by atoms with van der Waals surface area (Å²) in [6.07, 6.45) is 0. The van der Waals surface area contributed by atoms with Crippen molar-refractivity contribution in [2.45, 2.75) is 16.1 Å². The minimum Gasteiger partial charge on any atom is -0.481 e. The second-order valence-corrected chi connectivity index (χ2v) is 7.93. The Bertz CT molecular complexity index is 884. The van der Waals surface area contributed by atoms with Crippen LogP contribution in [0, 0.1) is 11.2 Å². The van der Waals surface area contributed by atoms with Crippen LogP contribution in [0.3, 0.4) is 0 Å². The highest BCUT2D eigenvalue weighted by molar-refractivity contribution is 7.92. The Morgan fingerprint density at radius 1 is 1.17 bits per heavy atom. The summed E-state index contributed by atoms with van der Waals surface area (Å²) in [5.41, 5.74) is 4.34. The van der Waals surface area contributed by atoms with E-state index < -0.39 is 38.2 Å². The lowest BCUT2D eigenvalue weighted by molar-refractivity contribution is -0.143. The number of aliphatic carboxylic acids is 1. The summed E-state index contributed by atoms with van der Waals surface area (Å²) >= 11 is 0. The van der Waals surface area contributed by atoms with Crippen LogP contribution in [-0.4, -0.2) is 31.3 Å². The lowest BCUT2D eigenvalue weighted by atomic mass is 9.99. The molecule has 2 aromatic carbocycles.